The minimum atomic E-state index is 0.539. The van der Waals surface area contributed by atoms with Crippen LogP contribution in [-0.2, 0) is 6.54 Å². The van der Waals surface area contributed by atoms with Crippen molar-refractivity contribution in [3.8, 4) is 0 Å². The van der Waals surface area contributed by atoms with Gasteiger partial charge in [0.1, 0.15) is 6.33 Å². The number of aromatic amines is 1. The first-order valence-corrected chi connectivity index (χ1v) is 5.03. The summed E-state index contributed by atoms with van der Waals surface area (Å²) < 4.78 is 0. The SMILES string of the molecule is NCc1ccccc1Sc1ncn[nH]1. The van der Waals surface area contributed by atoms with Crippen molar-refractivity contribution >= 4 is 11.8 Å². The second kappa shape index (κ2) is 4.26. The summed E-state index contributed by atoms with van der Waals surface area (Å²) >= 11 is 1.54. The molecule has 0 radical (unpaired) electrons. The summed E-state index contributed by atoms with van der Waals surface area (Å²) in [4.78, 5) is 5.16. The maximum Gasteiger partial charge on any atom is 0.188 e. The molecule has 72 valence electrons. The molecule has 0 aliphatic heterocycles. The van der Waals surface area contributed by atoms with Gasteiger partial charge in [0.2, 0.25) is 0 Å². The van der Waals surface area contributed by atoms with E-state index in [1.165, 1.54) is 18.1 Å². The predicted molar refractivity (Wildman–Crippen MR) is 54.8 cm³/mol. The summed E-state index contributed by atoms with van der Waals surface area (Å²) in [5.41, 5.74) is 6.74. The van der Waals surface area contributed by atoms with Crippen molar-refractivity contribution in [3.63, 3.8) is 0 Å². The number of benzene rings is 1. The fourth-order valence-corrected chi connectivity index (χ4v) is 1.96. The predicted octanol–water partition coefficient (Wildman–Crippen LogP) is 1.41. The zero-order chi connectivity index (χ0) is 9.80. The maximum atomic E-state index is 5.62. The highest BCUT2D eigenvalue weighted by molar-refractivity contribution is 7.99. The van der Waals surface area contributed by atoms with Gasteiger partial charge in [-0.25, -0.2) is 4.98 Å². The fraction of sp³-hybridized carbons (Fsp3) is 0.111. The van der Waals surface area contributed by atoms with Crippen LogP contribution in [0.3, 0.4) is 0 Å². The van der Waals surface area contributed by atoms with Gasteiger partial charge in [0.05, 0.1) is 0 Å². The summed E-state index contributed by atoms with van der Waals surface area (Å²) in [7, 11) is 0. The lowest BCUT2D eigenvalue weighted by Crippen LogP contribution is -1.97. The molecule has 4 nitrogen and oxygen atoms in total. The average Bonchev–Trinajstić information content (AvgIpc) is 2.71. The van der Waals surface area contributed by atoms with E-state index in [9.17, 15) is 0 Å². The number of H-pyrrole nitrogens is 1. The third kappa shape index (κ3) is 1.94. The van der Waals surface area contributed by atoms with Crippen LogP contribution in [0.2, 0.25) is 0 Å². The van der Waals surface area contributed by atoms with Crippen LogP contribution in [-0.4, -0.2) is 15.2 Å². The number of nitrogens with one attached hydrogen (secondary N) is 1. The first-order chi connectivity index (χ1) is 6.90. The lowest BCUT2D eigenvalue weighted by molar-refractivity contribution is 0.967. The minimum Gasteiger partial charge on any atom is -0.326 e. The summed E-state index contributed by atoms with van der Waals surface area (Å²) in [6, 6.07) is 8.00. The Hall–Kier alpha value is -1.33. The van der Waals surface area contributed by atoms with E-state index in [2.05, 4.69) is 15.2 Å². The second-order valence-electron chi connectivity index (χ2n) is 2.70. The van der Waals surface area contributed by atoms with Gasteiger partial charge < -0.3 is 5.73 Å². The van der Waals surface area contributed by atoms with Gasteiger partial charge in [-0.15, -0.1) is 0 Å². The van der Waals surface area contributed by atoms with Crippen LogP contribution in [0.25, 0.3) is 0 Å². The highest BCUT2D eigenvalue weighted by Gasteiger charge is 2.03. The van der Waals surface area contributed by atoms with Gasteiger partial charge in [-0.2, -0.15) is 5.10 Å². The molecule has 1 aromatic carbocycles. The molecule has 0 bridgehead atoms. The van der Waals surface area contributed by atoms with Crippen molar-refractivity contribution in [2.24, 2.45) is 5.73 Å². The molecule has 3 N–H and O–H groups in total. The molecule has 0 amide bonds. The van der Waals surface area contributed by atoms with Crippen molar-refractivity contribution in [1.82, 2.24) is 15.2 Å². The van der Waals surface area contributed by atoms with E-state index in [0.29, 0.717) is 6.54 Å². The summed E-state index contributed by atoms with van der Waals surface area (Å²) in [6.45, 7) is 0.539. The van der Waals surface area contributed by atoms with Crippen LogP contribution in [0.5, 0.6) is 0 Å². The molecule has 0 aliphatic rings. The maximum absolute atomic E-state index is 5.62. The Bertz CT molecular complexity index is 399. The Balaban J connectivity index is 2.24. The lowest BCUT2D eigenvalue weighted by Gasteiger charge is -2.03. The molecule has 2 aromatic rings. The van der Waals surface area contributed by atoms with E-state index in [1.54, 1.807) is 0 Å². The van der Waals surface area contributed by atoms with Crippen LogP contribution in [0.15, 0.2) is 40.6 Å². The van der Waals surface area contributed by atoms with E-state index in [1.807, 2.05) is 24.3 Å². The van der Waals surface area contributed by atoms with Gasteiger partial charge in [0.15, 0.2) is 5.16 Å². The number of nitrogens with zero attached hydrogens (tertiary/aromatic N) is 2. The van der Waals surface area contributed by atoms with Gasteiger partial charge in [0, 0.05) is 11.4 Å². The molecule has 0 spiro atoms. The van der Waals surface area contributed by atoms with Gasteiger partial charge in [0.25, 0.3) is 0 Å². The normalized spacial score (nSPS) is 10.4. The smallest absolute Gasteiger partial charge is 0.188 e. The molecule has 0 aliphatic carbocycles. The van der Waals surface area contributed by atoms with Gasteiger partial charge in [-0.3, -0.25) is 5.10 Å². The summed E-state index contributed by atoms with van der Waals surface area (Å²) in [6.07, 6.45) is 1.49. The molecule has 0 unspecified atom stereocenters. The van der Waals surface area contributed by atoms with Crippen molar-refractivity contribution in [3.05, 3.63) is 36.2 Å². The number of rotatable bonds is 3. The molecule has 0 fully saturated rings. The number of aromatic nitrogens is 3. The molecular formula is C9H10N4S. The van der Waals surface area contributed by atoms with Crippen LogP contribution in [0.1, 0.15) is 5.56 Å². The Morgan fingerprint density at radius 2 is 2.21 bits per heavy atom. The first kappa shape index (κ1) is 9.23. The zero-order valence-electron chi connectivity index (χ0n) is 7.47. The van der Waals surface area contributed by atoms with Crippen molar-refractivity contribution in [1.29, 1.82) is 0 Å². The topological polar surface area (TPSA) is 67.6 Å². The van der Waals surface area contributed by atoms with Crippen molar-refractivity contribution in [2.45, 2.75) is 16.6 Å². The van der Waals surface area contributed by atoms with Crippen LogP contribution >= 0.6 is 11.8 Å². The molecule has 5 heteroatoms. The van der Waals surface area contributed by atoms with E-state index in [4.69, 9.17) is 5.73 Å². The highest BCUT2D eigenvalue weighted by atomic mass is 32.2. The van der Waals surface area contributed by atoms with Gasteiger partial charge in [-0.1, -0.05) is 30.0 Å². The Labute approximate surface area is 85.9 Å². The lowest BCUT2D eigenvalue weighted by atomic mass is 10.2. The van der Waals surface area contributed by atoms with Crippen LogP contribution in [0.4, 0.5) is 0 Å². The zero-order valence-corrected chi connectivity index (χ0v) is 8.29. The Morgan fingerprint density at radius 1 is 1.36 bits per heavy atom. The van der Waals surface area contributed by atoms with E-state index in [0.717, 1.165) is 15.6 Å². The number of hydrogen-bond acceptors (Lipinski definition) is 4. The standard InChI is InChI=1S/C9H10N4S/c10-5-7-3-1-2-4-8(7)14-9-11-6-12-13-9/h1-4,6H,5,10H2,(H,11,12,13). The number of hydrogen-bond donors (Lipinski definition) is 2. The fourth-order valence-electron chi connectivity index (χ4n) is 1.12. The van der Waals surface area contributed by atoms with Crippen LogP contribution < -0.4 is 5.73 Å². The summed E-state index contributed by atoms with van der Waals surface area (Å²) in [5, 5.41) is 7.37. The molecule has 1 heterocycles. The minimum absolute atomic E-state index is 0.539. The van der Waals surface area contributed by atoms with E-state index in [-0.39, 0.29) is 0 Å². The van der Waals surface area contributed by atoms with E-state index >= 15 is 0 Å². The Morgan fingerprint density at radius 3 is 2.93 bits per heavy atom. The van der Waals surface area contributed by atoms with Gasteiger partial charge >= 0.3 is 0 Å². The average molecular weight is 206 g/mol. The van der Waals surface area contributed by atoms with E-state index < -0.39 is 0 Å². The second-order valence-corrected chi connectivity index (χ2v) is 3.74. The van der Waals surface area contributed by atoms with Crippen LogP contribution in [0, 0.1) is 0 Å². The van der Waals surface area contributed by atoms with Crippen molar-refractivity contribution in [2.75, 3.05) is 0 Å². The first-order valence-electron chi connectivity index (χ1n) is 4.21. The third-order valence-electron chi connectivity index (χ3n) is 1.79. The molecule has 0 saturated carbocycles. The largest absolute Gasteiger partial charge is 0.326 e. The molecule has 1 aromatic heterocycles. The van der Waals surface area contributed by atoms with Crippen molar-refractivity contribution < 1.29 is 0 Å². The quantitative estimate of drug-likeness (QED) is 0.796. The van der Waals surface area contributed by atoms with Gasteiger partial charge in [-0.05, 0) is 11.6 Å². The third-order valence-corrected chi connectivity index (χ3v) is 2.80. The highest BCUT2D eigenvalue weighted by Crippen LogP contribution is 2.26. The molecule has 0 saturated heterocycles. The molecule has 14 heavy (non-hydrogen) atoms. The Kier molecular flexibility index (Phi) is 2.81. The number of nitrogens with two attached hydrogens (primary N) is 1. The molecular weight excluding hydrogens is 196 g/mol. The summed E-state index contributed by atoms with van der Waals surface area (Å²) in [5.74, 6) is 0. The molecule has 2 rings (SSSR count). The monoisotopic (exact) mass is 206 g/mol. The molecule has 0 atom stereocenters.